The number of halogens is 1. The van der Waals surface area contributed by atoms with Crippen LogP contribution in [0.5, 0.6) is 0 Å². The van der Waals surface area contributed by atoms with Gasteiger partial charge in [0, 0.05) is 23.4 Å². The van der Waals surface area contributed by atoms with Crippen LogP contribution in [0.15, 0.2) is 54.6 Å². The van der Waals surface area contributed by atoms with Gasteiger partial charge in [0.25, 0.3) is 0 Å². The van der Waals surface area contributed by atoms with Gasteiger partial charge in [0.05, 0.1) is 17.2 Å². The molecule has 0 radical (unpaired) electrons. The van der Waals surface area contributed by atoms with E-state index in [9.17, 15) is 9.18 Å². The van der Waals surface area contributed by atoms with Gasteiger partial charge in [-0.15, -0.1) is 11.3 Å². The number of hydrogen-bond donors (Lipinski definition) is 0. The van der Waals surface area contributed by atoms with Crippen molar-refractivity contribution in [3.8, 4) is 0 Å². The minimum Gasteiger partial charge on any atom is -0.461 e. The predicted octanol–water partition coefficient (Wildman–Crippen LogP) is 7.45. The summed E-state index contributed by atoms with van der Waals surface area (Å²) in [4.78, 5) is 24.0. The van der Waals surface area contributed by atoms with Crippen LogP contribution in [0.25, 0.3) is 0 Å². The SMILES string of the molecule is CCc1nc(Cc2ccccc2)sc1C1CCN(C[C@H]2C[C@H](OC(=O)CN(C)C(C)(C)C)C[C@@H]2c2cccc(F)c2)CC1. The molecule has 0 amide bonds. The van der Waals surface area contributed by atoms with E-state index in [1.54, 1.807) is 12.1 Å². The van der Waals surface area contributed by atoms with Gasteiger partial charge in [0.2, 0.25) is 0 Å². The van der Waals surface area contributed by atoms with Crippen molar-refractivity contribution < 1.29 is 13.9 Å². The Bertz CT molecular complexity index is 1350. The third-order valence-electron chi connectivity index (χ3n) is 9.49. The van der Waals surface area contributed by atoms with Crippen LogP contribution < -0.4 is 0 Å². The topological polar surface area (TPSA) is 45.7 Å². The number of carbonyl (C=O) groups excluding carboxylic acids is 1. The lowest BCUT2D eigenvalue weighted by atomic mass is 9.87. The van der Waals surface area contributed by atoms with Gasteiger partial charge < -0.3 is 9.64 Å². The minimum atomic E-state index is -0.202. The van der Waals surface area contributed by atoms with Crippen LogP contribution in [0.4, 0.5) is 4.39 Å². The minimum absolute atomic E-state index is 0.103. The first-order chi connectivity index (χ1) is 20.6. The standard InChI is InChI=1S/C36H48FN3O2S/c1-6-32-35(43-33(38-32)19-25-11-8-7-9-12-25)26-15-17-40(18-16-26)23-28-21-30(42-34(41)24-39(5)36(2,3)4)22-31(28)27-13-10-14-29(37)20-27/h7-14,20,26,28,30-31H,6,15-19,21-24H2,1-5H3/t28-,30+,31-/m1/s1. The molecule has 1 saturated heterocycles. The van der Waals surface area contributed by atoms with Gasteiger partial charge in [-0.25, -0.2) is 9.37 Å². The van der Waals surface area contributed by atoms with E-state index in [1.165, 1.54) is 27.2 Å². The van der Waals surface area contributed by atoms with E-state index in [2.05, 4.69) is 62.9 Å². The fourth-order valence-electron chi connectivity index (χ4n) is 6.71. The zero-order valence-electron chi connectivity index (χ0n) is 26.5. The lowest BCUT2D eigenvalue weighted by Gasteiger charge is -2.34. The van der Waals surface area contributed by atoms with Crippen molar-refractivity contribution in [2.24, 2.45) is 5.92 Å². The van der Waals surface area contributed by atoms with E-state index >= 15 is 0 Å². The molecule has 0 bridgehead atoms. The van der Waals surface area contributed by atoms with Gasteiger partial charge in [-0.05, 0) is 114 Å². The van der Waals surface area contributed by atoms with Crippen molar-refractivity contribution in [2.75, 3.05) is 33.2 Å². The summed E-state index contributed by atoms with van der Waals surface area (Å²) >= 11 is 1.91. The first-order valence-corrected chi connectivity index (χ1v) is 16.8. The molecule has 1 aromatic heterocycles. The number of aromatic nitrogens is 1. The fraction of sp³-hybridized carbons (Fsp3) is 0.556. The molecule has 1 aliphatic carbocycles. The van der Waals surface area contributed by atoms with Gasteiger partial charge in [0.1, 0.15) is 11.9 Å². The highest BCUT2D eigenvalue weighted by Gasteiger charge is 2.39. The van der Waals surface area contributed by atoms with Crippen LogP contribution in [-0.4, -0.2) is 65.6 Å². The lowest BCUT2D eigenvalue weighted by molar-refractivity contribution is -0.151. The zero-order chi connectivity index (χ0) is 30.6. The van der Waals surface area contributed by atoms with Crippen molar-refractivity contribution in [1.29, 1.82) is 0 Å². The smallest absolute Gasteiger partial charge is 0.320 e. The number of likely N-dealkylation sites (tertiary alicyclic amines) is 1. The number of rotatable bonds is 10. The molecule has 43 heavy (non-hydrogen) atoms. The van der Waals surface area contributed by atoms with Gasteiger partial charge in [-0.3, -0.25) is 9.69 Å². The van der Waals surface area contributed by atoms with Gasteiger partial charge in [-0.1, -0.05) is 49.4 Å². The van der Waals surface area contributed by atoms with E-state index in [1.807, 2.05) is 29.4 Å². The number of thiazole rings is 1. The molecule has 0 N–H and O–H groups in total. The summed E-state index contributed by atoms with van der Waals surface area (Å²) in [7, 11) is 1.96. The summed E-state index contributed by atoms with van der Waals surface area (Å²) in [5.41, 5.74) is 3.51. The monoisotopic (exact) mass is 605 g/mol. The molecule has 3 atom stereocenters. The molecule has 5 nitrogen and oxygen atoms in total. The second kappa shape index (κ2) is 14.0. The number of ether oxygens (including phenoxy) is 1. The third-order valence-corrected chi connectivity index (χ3v) is 10.8. The van der Waals surface area contributed by atoms with Crippen molar-refractivity contribution >= 4 is 17.3 Å². The Labute approximate surface area is 261 Å². The molecule has 2 heterocycles. The summed E-state index contributed by atoms with van der Waals surface area (Å²) in [5.74, 6) is 0.685. The van der Waals surface area contributed by atoms with E-state index in [-0.39, 0.29) is 35.9 Å². The predicted molar refractivity (Wildman–Crippen MR) is 173 cm³/mol. The van der Waals surface area contributed by atoms with Crippen LogP contribution in [0.1, 0.15) is 91.9 Å². The van der Waals surface area contributed by atoms with Gasteiger partial charge in [-0.2, -0.15) is 0 Å². The highest BCUT2D eigenvalue weighted by atomic mass is 32.1. The molecule has 232 valence electrons. The van der Waals surface area contributed by atoms with Crippen LogP contribution in [0.3, 0.4) is 0 Å². The molecule has 5 rings (SSSR count). The van der Waals surface area contributed by atoms with Crippen LogP contribution in [-0.2, 0) is 22.4 Å². The number of esters is 1. The quantitative estimate of drug-likeness (QED) is 0.225. The molecular formula is C36H48FN3O2S. The maximum atomic E-state index is 14.3. The first-order valence-electron chi connectivity index (χ1n) is 16.0. The van der Waals surface area contributed by atoms with Crippen molar-refractivity contribution in [2.45, 2.75) is 89.7 Å². The molecule has 7 heteroatoms. The largest absolute Gasteiger partial charge is 0.461 e. The number of nitrogens with zero attached hydrogens (tertiary/aromatic N) is 3. The molecule has 3 aromatic rings. The van der Waals surface area contributed by atoms with E-state index in [0.717, 1.165) is 63.7 Å². The molecule has 0 spiro atoms. The van der Waals surface area contributed by atoms with E-state index in [4.69, 9.17) is 9.72 Å². The normalized spacial score (nSPS) is 21.9. The lowest BCUT2D eigenvalue weighted by Crippen LogP contribution is -2.42. The number of likely N-dealkylation sites (N-methyl/N-ethyl adjacent to an activating group) is 1. The van der Waals surface area contributed by atoms with Gasteiger partial charge in [0.15, 0.2) is 0 Å². The van der Waals surface area contributed by atoms with Crippen molar-refractivity contribution in [3.63, 3.8) is 0 Å². The number of aryl methyl sites for hydroxylation is 1. The summed E-state index contributed by atoms with van der Waals surface area (Å²) in [6, 6.07) is 17.6. The number of benzene rings is 2. The Hall–Kier alpha value is -2.61. The Balaban J connectivity index is 1.21. The average molecular weight is 606 g/mol. The van der Waals surface area contributed by atoms with Crippen LogP contribution >= 0.6 is 11.3 Å². The van der Waals surface area contributed by atoms with Crippen molar-refractivity contribution in [3.05, 3.63) is 87.1 Å². The average Bonchev–Trinajstić information content (AvgIpc) is 3.57. The number of piperidine rings is 1. The molecule has 2 aliphatic rings. The summed E-state index contributed by atoms with van der Waals surface area (Å²) in [6.07, 6.45) is 5.58. The Morgan fingerprint density at radius 2 is 1.84 bits per heavy atom. The molecular weight excluding hydrogens is 557 g/mol. The second-order valence-corrected chi connectivity index (χ2v) is 14.7. The molecule has 1 saturated carbocycles. The van der Waals surface area contributed by atoms with Crippen LogP contribution in [0.2, 0.25) is 0 Å². The highest BCUT2D eigenvalue weighted by Crippen LogP contribution is 2.43. The first kappa shape index (κ1) is 31.8. The number of carbonyl (C=O) groups is 1. The highest BCUT2D eigenvalue weighted by molar-refractivity contribution is 7.11. The molecule has 1 aliphatic heterocycles. The maximum Gasteiger partial charge on any atom is 0.320 e. The maximum absolute atomic E-state index is 14.3. The Kier molecular flexibility index (Phi) is 10.4. The Morgan fingerprint density at radius 3 is 2.51 bits per heavy atom. The van der Waals surface area contributed by atoms with Crippen molar-refractivity contribution in [1.82, 2.24) is 14.8 Å². The second-order valence-electron chi connectivity index (χ2n) is 13.5. The van der Waals surface area contributed by atoms with E-state index < -0.39 is 0 Å². The van der Waals surface area contributed by atoms with Crippen LogP contribution in [0, 0.1) is 11.7 Å². The molecule has 2 fully saturated rings. The zero-order valence-corrected chi connectivity index (χ0v) is 27.3. The summed E-state index contributed by atoms with van der Waals surface area (Å²) in [6.45, 7) is 11.8. The molecule has 0 unspecified atom stereocenters. The summed E-state index contributed by atoms with van der Waals surface area (Å²) in [5, 5.41) is 1.22. The fourth-order valence-corrected chi connectivity index (χ4v) is 8.07. The number of hydrogen-bond acceptors (Lipinski definition) is 6. The third kappa shape index (κ3) is 8.31. The summed E-state index contributed by atoms with van der Waals surface area (Å²) < 4.78 is 20.3. The Morgan fingerprint density at radius 1 is 1.09 bits per heavy atom. The molecule has 2 aromatic carbocycles. The van der Waals surface area contributed by atoms with E-state index in [0.29, 0.717) is 11.8 Å². The van der Waals surface area contributed by atoms with Gasteiger partial charge >= 0.3 is 5.97 Å².